The molecule has 0 heterocycles. The second kappa shape index (κ2) is 4.04. The molecule has 4 rings (SSSR count). The van der Waals surface area contributed by atoms with E-state index in [1.54, 1.807) is 0 Å². The van der Waals surface area contributed by atoms with Gasteiger partial charge in [-0.3, -0.25) is 0 Å². The van der Waals surface area contributed by atoms with Crippen LogP contribution in [0.5, 0.6) is 0 Å². The molecule has 20 heavy (non-hydrogen) atoms. The third-order valence-electron chi connectivity index (χ3n) is 4.76. The first kappa shape index (κ1) is 14.0. The maximum absolute atomic E-state index is 11.6. The van der Waals surface area contributed by atoms with E-state index in [0.717, 1.165) is 6.08 Å². The third-order valence-corrected chi connectivity index (χ3v) is 4.76. The van der Waals surface area contributed by atoms with Gasteiger partial charge in [-0.15, -0.1) is 0 Å². The smallest absolute Gasteiger partial charge is 0.330 e. The fraction of sp³-hybridized carbons (Fsp3) is 0.786. The molecule has 0 aromatic rings. The van der Waals surface area contributed by atoms with Crippen LogP contribution in [0.3, 0.4) is 0 Å². The summed E-state index contributed by atoms with van der Waals surface area (Å²) in [5, 5.41) is 30.4. The number of aliphatic hydroxyl groups excluding tert-OH is 1. The molecular weight excluding hydrogens is 264 g/mol. The van der Waals surface area contributed by atoms with E-state index < -0.39 is 35.2 Å². The molecule has 0 radical (unpaired) electrons. The Morgan fingerprint density at radius 1 is 1.05 bits per heavy atom. The van der Waals surface area contributed by atoms with Crippen molar-refractivity contribution in [2.24, 2.45) is 0 Å². The minimum absolute atomic E-state index is 0.254. The molecular formula is C14H20O6. The van der Waals surface area contributed by atoms with E-state index in [0.29, 0.717) is 32.1 Å². The van der Waals surface area contributed by atoms with E-state index in [4.69, 9.17) is 14.6 Å². The molecule has 4 fully saturated rings. The van der Waals surface area contributed by atoms with E-state index in [1.165, 1.54) is 0 Å². The fourth-order valence-corrected chi connectivity index (χ4v) is 5.00. The highest BCUT2D eigenvalue weighted by Gasteiger charge is 2.70. The summed E-state index contributed by atoms with van der Waals surface area (Å²) in [6.07, 6.45) is 2.98. The molecule has 4 aliphatic rings. The normalized spacial score (nSPS) is 49.1. The number of hydrogen-bond donors (Lipinski definition) is 3. The maximum Gasteiger partial charge on any atom is 0.330 e. The fourth-order valence-electron chi connectivity index (χ4n) is 5.00. The highest BCUT2D eigenvalue weighted by Crippen LogP contribution is 2.63. The van der Waals surface area contributed by atoms with Crippen LogP contribution < -0.4 is 0 Å². The standard InChI is InChI=1S/C14H20O6/c1-2-10(16)20-14-6-11(17)3-12(18,7-14)5-13(4-11,8-14)19-9-15/h2,15,17-18H,1,3-9H2. The topological polar surface area (TPSA) is 96.2 Å². The average molecular weight is 284 g/mol. The lowest BCUT2D eigenvalue weighted by atomic mass is 9.48. The molecule has 4 bridgehead atoms. The molecule has 6 nitrogen and oxygen atoms in total. The first-order chi connectivity index (χ1) is 9.26. The molecule has 0 aliphatic heterocycles. The zero-order valence-electron chi connectivity index (χ0n) is 11.3. The first-order valence-corrected chi connectivity index (χ1v) is 6.81. The van der Waals surface area contributed by atoms with Gasteiger partial charge >= 0.3 is 5.97 Å². The summed E-state index contributed by atoms with van der Waals surface area (Å²) >= 11 is 0. The van der Waals surface area contributed by atoms with E-state index in [1.807, 2.05) is 0 Å². The molecule has 2 atom stereocenters. The summed E-state index contributed by atoms with van der Waals surface area (Å²) in [5.41, 5.74) is -4.03. The summed E-state index contributed by atoms with van der Waals surface area (Å²) in [5.74, 6) is -0.571. The zero-order valence-corrected chi connectivity index (χ0v) is 11.3. The quantitative estimate of drug-likeness (QED) is 0.382. The number of hydrogen-bond acceptors (Lipinski definition) is 6. The van der Waals surface area contributed by atoms with Gasteiger partial charge in [-0.2, -0.15) is 0 Å². The Kier molecular flexibility index (Phi) is 2.83. The SMILES string of the molecule is C=CC(=O)OC12CC3(O)CC(O)(CC(OCO)(C3)C1)C2. The lowest BCUT2D eigenvalue weighted by Gasteiger charge is -2.65. The molecule has 0 saturated heterocycles. The number of carbonyl (C=O) groups is 1. The van der Waals surface area contributed by atoms with Crippen molar-refractivity contribution < 1.29 is 29.6 Å². The highest BCUT2D eigenvalue weighted by atomic mass is 16.6. The van der Waals surface area contributed by atoms with Crippen LogP contribution in [-0.4, -0.2) is 50.5 Å². The van der Waals surface area contributed by atoms with Gasteiger partial charge in [0, 0.05) is 44.6 Å². The van der Waals surface area contributed by atoms with Crippen LogP contribution in [0.1, 0.15) is 38.5 Å². The van der Waals surface area contributed by atoms with Crippen molar-refractivity contribution in [2.75, 3.05) is 6.79 Å². The van der Waals surface area contributed by atoms with Gasteiger partial charge < -0.3 is 24.8 Å². The highest BCUT2D eigenvalue weighted by molar-refractivity contribution is 5.81. The van der Waals surface area contributed by atoms with Crippen LogP contribution in [0.25, 0.3) is 0 Å². The van der Waals surface area contributed by atoms with E-state index in [-0.39, 0.29) is 6.42 Å². The van der Waals surface area contributed by atoms with Gasteiger partial charge in [0.1, 0.15) is 12.4 Å². The van der Waals surface area contributed by atoms with Crippen LogP contribution in [0.15, 0.2) is 12.7 Å². The van der Waals surface area contributed by atoms with Gasteiger partial charge in [-0.25, -0.2) is 4.79 Å². The summed E-state index contributed by atoms with van der Waals surface area (Å²) in [6, 6.07) is 0. The first-order valence-electron chi connectivity index (χ1n) is 6.81. The van der Waals surface area contributed by atoms with Gasteiger partial charge in [0.15, 0.2) is 0 Å². The Morgan fingerprint density at radius 2 is 1.60 bits per heavy atom. The van der Waals surface area contributed by atoms with Crippen LogP contribution >= 0.6 is 0 Å². The van der Waals surface area contributed by atoms with Crippen molar-refractivity contribution in [3.05, 3.63) is 12.7 Å². The summed E-state index contributed by atoms with van der Waals surface area (Å²) < 4.78 is 10.9. The minimum atomic E-state index is -1.12. The predicted molar refractivity (Wildman–Crippen MR) is 67.5 cm³/mol. The van der Waals surface area contributed by atoms with Crippen molar-refractivity contribution in [3.8, 4) is 0 Å². The van der Waals surface area contributed by atoms with Gasteiger partial charge in [0.2, 0.25) is 0 Å². The molecule has 0 aromatic carbocycles. The van der Waals surface area contributed by atoms with E-state index >= 15 is 0 Å². The molecule has 0 amide bonds. The molecule has 4 aliphatic carbocycles. The average Bonchev–Trinajstić information content (AvgIpc) is 2.22. The van der Waals surface area contributed by atoms with Crippen molar-refractivity contribution in [1.29, 1.82) is 0 Å². The van der Waals surface area contributed by atoms with E-state index in [2.05, 4.69) is 6.58 Å². The van der Waals surface area contributed by atoms with Crippen molar-refractivity contribution in [1.82, 2.24) is 0 Å². The van der Waals surface area contributed by atoms with Crippen LogP contribution in [-0.2, 0) is 14.3 Å². The lowest BCUT2D eigenvalue weighted by molar-refractivity contribution is -0.318. The molecule has 3 N–H and O–H groups in total. The molecule has 4 saturated carbocycles. The number of rotatable bonds is 4. The Bertz CT molecular complexity index is 441. The summed E-state index contributed by atoms with van der Waals surface area (Å²) in [4.78, 5) is 11.6. The Hall–Kier alpha value is -0.950. The molecule has 6 heteroatoms. The van der Waals surface area contributed by atoms with Gasteiger partial charge in [-0.1, -0.05) is 6.58 Å². The Balaban J connectivity index is 1.97. The molecule has 2 unspecified atom stereocenters. The number of ether oxygens (including phenoxy) is 2. The van der Waals surface area contributed by atoms with Crippen LogP contribution in [0, 0.1) is 0 Å². The number of aliphatic hydroxyl groups is 3. The lowest BCUT2D eigenvalue weighted by Crippen LogP contribution is -2.73. The van der Waals surface area contributed by atoms with Gasteiger partial charge in [0.25, 0.3) is 0 Å². The van der Waals surface area contributed by atoms with Crippen LogP contribution in [0.2, 0.25) is 0 Å². The second-order valence-electron chi connectivity index (χ2n) is 6.77. The maximum atomic E-state index is 11.6. The zero-order chi connectivity index (χ0) is 14.6. The van der Waals surface area contributed by atoms with Crippen molar-refractivity contribution >= 4 is 5.97 Å². The summed E-state index contributed by atoms with van der Waals surface area (Å²) in [6.45, 7) is 2.89. The van der Waals surface area contributed by atoms with Crippen molar-refractivity contribution in [2.45, 2.75) is 60.9 Å². The summed E-state index contributed by atoms with van der Waals surface area (Å²) in [7, 11) is 0. The van der Waals surface area contributed by atoms with Gasteiger partial charge in [0.05, 0.1) is 16.8 Å². The Morgan fingerprint density at radius 3 is 2.10 bits per heavy atom. The number of carbonyl (C=O) groups excluding carboxylic acids is 1. The molecule has 0 aromatic heterocycles. The van der Waals surface area contributed by atoms with Crippen molar-refractivity contribution in [3.63, 3.8) is 0 Å². The second-order valence-corrected chi connectivity index (χ2v) is 6.77. The van der Waals surface area contributed by atoms with Crippen LogP contribution in [0.4, 0.5) is 0 Å². The minimum Gasteiger partial charge on any atom is -0.456 e. The number of esters is 1. The van der Waals surface area contributed by atoms with E-state index in [9.17, 15) is 15.0 Å². The monoisotopic (exact) mass is 284 g/mol. The van der Waals surface area contributed by atoms with Gasteiger partial charge in [-0.05, 0) is 0 Å². The largest absolute Gasteiger partial charge is 0.456 e. The molecule has 112 valence electrons. The Labute approximate surface area is 117 Å². The predicted octanol–water partition coefficient (Wildman–Crippen LogP) is 0.00320. The third kappa shape index (κ3) is 2.07. The molecule has 0 spiro atoms.